The molecule has 7 nitrogen and oxygen atoms in total. The number of anilines is 1. The van der Waals surface area contributed by atoms with Crippen LogP contribution in [0, 0.1) is 25.5 Å². The van der Waals surface area contributed by atoms with Crippen LogP contribution in [0.5, 0.6) is 0 Å². The van der Waals surface area contributed by atoms with Crippen LogP contribution < -0.4 is 16.4 Å². The minimum atomic E-state index is -0.809. The van der Waals surface area contributed by atoms with Crippen molar-refractivity contribution in [1.29, 1.82) is 0 Å². The Morgan fingerprint density at radius 3 is 2.31 bits per heavy atom. The summed E-state index contributed by atoms with van der Waals surface area (Å²) in [5.74, 6) is -1.38. The predicted octanol–water partition coefficient (Wildman–Crippen LogP) is 4.13. The first-order chi connectivity index (χ1) is 16.7. The Labute approximate surface area is 199 Å². The van der Waals surface area contributed by atoms with Crippen molar-refractivity contribution >= 4 is 11.6 Å². The van der Waals surface area contributed by atoms with Gasteiger partial charge in [-0.2, -0.15) is 4.68 Å². The SMILES string of the molecule is Cc1cc(-c2c(-c3ccccc3)[nH+]c(N)n3c(=O)n(C(C)c4ccc(F)cc4F)nc23)cc(C)n1. The third-order valence-electron chi connectivity index (χ3n) is 5.98. The molecule has 0 amide bonds. The number of H-pyrrole nitrogens is 1. The summed E-state index contributed by atoms with van der Waals surface area (Å²) in [5, 5.41) is 4.62. The number of hydrogen-bond donors (Lipinski definition) is 1. The molecule has 0 aliphatic carbocycles. The van der Waals surface area contributed by atoms with E-state index in [1.807, 2.05) is 56.3 Å². The summed E-state index contributed by atoms with van der Waals surface area (Å²) in [6.07, 6.45) is 0. The number of nitrogen functional groups attached to an aromatic ring is 1. The summed E-state index contributed by atoms with van der Waals surface area (Å²) < 4.78 is 30.4. The molecule has 3 N–H and O–H groups in total. The number of rotatable bonds is 4. The monoisotopic (exact) mass is 473 g/mol. The van der Waals surface area contributed by atoms with Crippen molar-refractivity contribution in [3.63, 3.8) is 0 Å². The molecule has 0 saturated heterocycles. The van der Waals surface area contributed by atoms with Gasteiger partial charge in [-0.1, -0.05) is 36.4 Å². The van der Waals surface area contributed by atoms with Crippen molar-refractivity contribution in [3.05, 3.63) is 99.7 Å². The molecule has 0 aliphatic heterocycles. The third kappa shape index (κ3) is 3.84. The molecule has 0 fully saturated rings. The highest BCUT2D eigenvalue weighted by molar-refractivity contribution is 5.88. The molecule has 35 heavy (non-hydrogen) atoms. The van der Waals surface area contributed by atoms with Gasteiger partial charge in [0.05, 0.1) is 11.6 Å². The lowest BCUT2D eigenvalue weighted by atomic mass is 9.99. The van der Waals surface area contributed by atoms with Crippen LogP contribution in [0.3, 0.4) is 0 Å². The molecule has 1 unspecified atom stereocenters. The highest BCUT2D eigenvalue weighted by Crippen LogP contribution is 2.33. The Kier molecular flexibility index (Phi) is 5.39. The predicted molar refractivity (Wildman–Crippen MR) is 129 cm³/mol. The second-order valence-electron chi connectivity index (χ2n) is 8.49. The summed E-state index contributed by atoms with van der Waals surface area (Å²) >= 11 is 0. The fourth-order valence-corrected chi connectivity index (χ4v) is 4.42. The van der Waals surface area contributed by atoms with E-state index in [0.717, 1.165) is 39.3 Å². The molecule has 5 rings (SSSR count). The number of aromatic nitrogens is 5. The zero-order valence-electron chi connectivity index (χ0n) is 19.4. The molecule has 0 saturated carbocycles. The van der Waals surface area contributed by atoms with Gasteiger partial charge in [-0.05, 0) is 44.5 Å². The number of fused-ring (bicyclic) bond motifs is 1. The lowest BCUT2D eigenvalue weighted by molar-refractivity contribution is -0.351. The first-order valence-corrected chi connectivity index (χ1v) is 11.1. The van der Waals surface area contributed by atoms with Crippen LogP contribution in [0.2, 0.25) is 0 Å². The largest absolute Gasteiger partial charge is 0.412 e. The first-order valence-electron chi connectivity index (χ1n) is 11.1. The number of benzene rings is 2. The van der Waals surface area contributed by atoms with Crippen LogP contribution in [0.15, 0.2) is 65.5 Å². The molecule has 3 aromatic heterocycles. The number of aromatic amines is 1. The van der Waals surface area contributed by atoms with E-state index in [-0.39, 0.29) is 11.5 Å². The summed E-state index contributed by atoms with van der Waals surface area (Å²) in [6, 6.07) is 15.8. The molecule has 3 heterocycles. The number of hydrogen-bond acceptors (Lipinski definition) is 4. The minimum absolute atomic E-state index is 0.0770. The summed E-state index contributed by atoms with van der Waals surface area (Å²) in [5.41, 5.74) is 10.8. The summed E-state index contributed by atoms with van der Waals surface area (Å²) in [7, 11) is 0. The molecule has 9 heteroatoms. The van der Waals surface area contributed by atoms with E-state index in [9.17, 15) is 13.6 Å². The molecule has 176 valence electrons. The maximum Gasteiger partial charge on any atom is 0.412 e. The van der Waals surface area contributed by atoms with E-state index in [2.05, 4.69) is 15.1 Å². The molecule has 5 aromatic rings. The van der Waals surface area contributed by atoms with Gasteiger partial charge < -0.3 is 0 Å². The van der Waals surface area contributed by atoms with E-state index in [1.54, 1.807) is 6.92 Å². The average molecular weight is 474 g/mol. The quantitative estimate of drug-likeness (QED) is 0.425. The maximum absolute atomic E-state index is 14.5. The van der Waals surface area contributed by atoms with E-state index in [1.165, 1.54) is 10.5 Å². The van der Waals surface area contributed by atoms with Gasteiger partial charge in [0.25, 0.3) is 0 Å². The van der Waals surface area contributed by atoms with Crippen molar-refractivity contribution in [2.24, 2.45) is 0 Å². The van der Waals surface area contributed by atoms with Gasteiger partial charge in [0.15, 0.2) is 0 Å². The number of nitrogens with zero attached hydrogens (tertiary/aromatic N) is 4. The molecule has 1 atom stereocenters. The normalized spacial score (nSPS) is 12.3. The first kappa shape index (κ1) is 22.4. The van der Waals surface area contributed by atoms with Crippen molar-refractivity contribution in [2.45, 2.75) is 26.8 Å². The lowest BCUT2D eigenvalue weighted by Gasteiger charge is -2.11. The Morgan fingerprint density at radius 1 is 0.971 bits per heavy atom. The van der Waals surface area contributed by atoms with Crippen LogP contribution in [-0.4, -0.2) is 19.2 Å². The molecule has 2 aromatic carbocycles. The standard InChI is InChI=1S/C26H22F2N6O/c1-14-11-18(12-15(2)30-14)22-23(17-7-5-4-6-8-17)31-25(29)33-24(22)32-34(26(33)35)16(3)20-10-9-19(27)13-21(20)28/h4-13,16H,1-3H3,(H2,29,31)/p+1. The number of nitrogens with two attached hydrogens (primary N) is 1. The molecular weight excluding hydrogens is 450 g/mol. The zero-order valence-corrected chi connectivity index (χ0v) is 19.4. The van der Waals surface area contributed by atoms with Gasteiger partial charge in [-0.15, -0.1) is 9.50 Å². The molecule has 0 aliphatic rings. The van der Waals surface area contributed by atoms with Gasteiger partial charge in [0, 0.05) is 28.6 Å². The highest BCUT2D eigenvalue weighted by atomic mass is 19.1. The van der Waals surface area contributed by atoms with Crippen LogP contribution in [-0.2, 0) is 0 Å². The molecular formula is C26H23F2N6O+. The van der Waals surface area contributed by atoms with Crippen molar-refractivity contribution in [3.8, 4) is 22.4 Å². The topological polar surface area (TPSA) is 92.3 Å². The Morgan fingerprint density at radius 2 is 1.66 bits per heavy atom. The summed E-state index contributed by atoms with van der Waals surface area (Å²) in [6.45, 7) is 5.41. The second-order valence-corrected chi connectivity index (χ2v) is 8.49. The zero-order chi connectivity index (χ0) is 24.9. The van der Waals surface area contributed by atoms with Gasteiger partial charge >= 0.3 is 11.6 Å². The van der Waals surface area contributed by atoms with Crippen molar-refractivity contribution < 1.29 is 13.8 Å². The number of aryl methyl sites for hydroxylation is 2. The number of halogens is 2. The maximum atomic E-state index is 14.5. The lowest BCUT2D eigenvalue weighted by Crippen LogP contribution is -2.29. The van der Waals surface area contributed by atoms with Crippen molar-refractivity contribution in [1.82, 2.24) is 19.2 Å². The van der Waals surface area contributed by atoms with E-state index < -0.39 is 23.4 Å². The number of pyridine rings is 1. The number of nitrogens with one attached hydrogen (secondary N) is 1. The second kappa shape index (κ2) is 8.43. The van der Waals surface area contributed by atoms with Gasteiger partial charge in [-0.3, -0.25) is 10.7 Å². The van der Waals surface area contributed by atoms with Gasteiger partial charge in [0.2, 0.25) is 5.65 Å². The molecule has 0 bridgehead atoms. The van der Waals surface area contributed by atoms with Crippen LogP contribution in [0.1, 0.15) is 29.9 Å². The third-order valence-corrected chi connectivity index (χ3v) is 5.98. The van der Waals surface area contributed by atoms with E-state index in [0.29, 0.717) is 16.9 Å². The summed E-state index contributed by atoms with van der Waals surface area (Å²) in [4.78, 5) is 21.1. The van der Waals surface area contributed by atoms with Crippen LogP contribution in [0.25, 0.3) is 28.0 Å². The van der Waals surface area contributed by atoms with Gasteiger partial charge in [-0.25, -0.2) is 18.6 Å². The highest BCUT2D eigenvalue weighted by Gasteiger charge is 2.28. The van der Waals surface area contributed by atoms with Crippen molar-refractivity contribution in [2.75, 3.05) is 5.73 Å². The Balaban J connectivity index is 1.85. The fraction of sp³-hybridized carbons (Fsp3) is 0.154. The minimum Gasteiger partial charge on any atom is -0.290 e. The Hall–Kier alpha value is -4.40. The molecule has 0 spiro atoms. The molecule has 0 radical (unpaired) electrons. The smallest absolute Gasteiger partial charge is 0.290 e. The van der Waals surface area contributed by atoms with Gasteiger partial charge in [0.1, 0.15) is 17.3 Å². The average Bonchev–Trinajstić information content (AvgIpc) is 3.16. The van der Waals surface area contributed by atoms with E-state index in [4.69, 9.17) is 5.73 Å². The van der Waals surface area contributed by atoms with Crippen LogP contribution in [0.4, 0.5) is 14.7 Å². The van der Waals surface area contributed by atoms with Crippen LogP contribution >= 0.6 is 0 Å². The Bertz CT molecular complexity index is 1620. The van der Waals surface area contributed by atoms with E-state index >= 15 is 0 Å². The fourth-order valence-electron chi connectivity index (χ4n) is 4.42.